The van der Waals surface area contributed by atoms with Crippen LogP contribution in [0.15, 0.2) is 48.5 Å². The van der Waals surface area contributed by atoms with E-state index < -0.39 is 0 Å². The molecule has 25 heavy (non-hydrogen) atoms. The molecule has 1 saturated heterocycles. The summed E-state index contributed by atoms with van der Waals surface area (Å²) >= 11 is 0. The van der Waals surface area contributed by atoms with Gasteiger partial charge in [-0.2, -0.15) is 0 Å². The quantitative estimate of drug-likeness (QED) is 0.841. The fraction of sp³-hybridized carbons (Fsp3) is 0.316. The molecule has 6 nitrogen and oxygen atoms in total. The molecule has 0 bridgehead atoms. The number of rotatable bonds is 6. The molecule has 1 atom stereocenters. The van der Waals surface area contributed by atoms with E-state index in [0.717, 1.165) is 31.1 Å². The van der Waals surface area contributed by atoms with Crippen molar-refractivity contribution in [3.05, 3.63) is 48.5 Å². The van der Waals surface area contributed by atoms with Gasteiger partial charge in [-0.05, 0) is 55.0 Å². The summed E-state index contributed by atoms with van der Waals surface area (Å²) in [6, 6.07) is 14.4. The average molecular weight is 342 g/mol. The van der Waals surface area contributed by atoms with Crippen molar-refractivity contribution in [3.8, 4) is 17.2 Å². The standard InChI is InChI=1S/C19H22N2O4/c1-23-16-6-8-18(9-7-16)25-17-4-2-15(3-5-17)21-19(22)20-12-14-10-11-24-13-14/h2-9,14H,10-13H2,1H3,(H2,20,21,22)/t14-/m1/s1. The van der Waals surface area contributed by atoms with Crippen LogP contribution in [0.4, 0.5) is 10.5 Å². The van der Waals surface area contributed by atoms with Crippen LogP contribution in [0.25, 0.3) is 0 Å². The first-order chi connectivity index (χ1) is 12.2. The lowest BCUT2D eigenvalue weighted by molar-refractivity contribution is 0.185. The summed E-state index contributed by atoms with van der Waals surface area (Å²) in [6.45, 7) is 2.13. The minimum absolute atomic E-state index is 0.212. The van der Waals surface area contributed by atoms with Crippen LogP contribution >= 0.6 is 0 Å². The molecular formula is C19H22N2O4. The number of hydrogen-bond donors (Lipinski definition) is 2. The third kappa shape index (κ3) is 5.12. The predicted octanol–water partition coefficient (Wildman–Crippen LogP) is 3.65. The summed E-state index contributed by atoms with van der Waals surface area (Å²) in [7, 11) is 1.62. The van der Waals surface area contributed by atoms with Gasteiger partial charge in [-0.15, -0.1) is 0 Å². The lowest BCUT2D eigenvalue weighted by Gasteiger charge is -2.11. The Morgan fingerprint density at radius 2 is 1.72 bits per heavy atom. The van der Waals surface area contributed by atoms with Gasteiger partial charge in [0, 0.05) is 24.8 Å². The summed E-state index contributed by atoms with van der Waals surface area (Å²) in [5.41, 5.74) is 0.710. The van der Waals surface area contributed by atoms with E-state index in [-0.39, 0.29) is 6.03 Å². The van der Waals surface area contributed by atoms with E-state index in [1.165, 1.54) is 0 Å². The number of carbonyl (C=O) groups excluding carboxylic acids is 1. The molecule has 1 fully saturated rings. The maximum absolute atomic E-state index is 11.9. The molecule has 132 valence electrons. The van der Waals surface area contributed by atoms with Gasteiger partial charge in [0.15, 0.2) is 0 Å². The Morgan fingerprint density at radius 3 is 2.32 bits per heavy atom. The zero-order valence-corrected chi connectivity index (χ0v) is 14.2. The van der Waals surface area contributed by atoms with Crippen molar-refractivity contribution >= 4 is 11.7 Å². The molecule has 2 amide bonds. The van der Waals surface area contributed by atoms with E-state index in [4.69, 9.17) is 14.2 Å². The van der Waals surface area contributed by atoms with Crippen molar-refractivity contribution in [2.24, 2.45) is 5.92 Å². The Hall–Kier alpha value is -2.73. The zero-order valence-electron chi connectivity index (χ0n) is 14.2. The van der Waals surface area contributed by atoms with E-state index in [2.05, 4.69) is 10.6 Å². The van der Waals surface area contributed by atoms with E-state index >= 15 is 0 Å². The fourth-order valence-corrected chi connectivity index (χ4v) is 2.54. The number of methoxy groups -OCH3 is 1. The van der Waals surface area contributed by atoms with Gasteiger partial charge in [-0.25, -0.2) is 4.79 Å². The molecule has 6 heteroatoms. The van der Waals surface area contributed by atoms with Crippen LogP contribution in [-0.2, 0) is 4.74 Å². The molecular weight excluding hydrogens is 320 g/mol. The monoisotopic (exact) mass is 342 g/mol. The second-order valence-corrected chi connectivity index (χ2v) is 5.87. The molecule has 0 unspecified atom stereocenters. The maximum Gasteiger partial charge on any atom is 0.319 e. The van der Waals surface area contributed by atoms with Crippen molar-refractivity contribution in [3.63, 3.8) is 0 Å². The Bertz CT molecular complexity index is 680. The average Bonchev–Trinajstić information content (AvgIpc) is 3.16. The van der Waals surface area contributed by atoms with Crippen LogP contribution in [-0.4, -0.2) is 32.9 Å². The third-order valence-corrected chi connectivity index (χ3v) is 3.98. The van der Waals surface area contributed by atoms with Gasteiger partial charge in [0.25, 0.3) is 0 Å². The number of nitrogens with one attached hydrogen (secondary N) is 2. The summed E-state index contributed by atoms with van der Waals surface area (Å²) < 4.78 is 16.2. The Kier molecular flexibility index (Phi) is 5.74. The number of anilines is 1. The van der Waals surface area contributed by atoms with Crippen molar-refractivity contribution < 1.29 is 19.0 Å². The van der Waals surface area contributed by atoms with E-state index in [9.17, 15) is 4.79 Å². The summed E-state index contributed by atoms with van der Waals surface area (Å²) in [4.78, 5) is 11.9. The maximum atomic E-state index is 11.9. The normalized spacial score (nSPS) is 16.3. The first kappa shape index (κ1) is 17.1. The smallest absolute Gasteiger partial charge is 0.319 e. The van der Waals surface area contributed by atoms with E-state index in [1.807, 2.05) is 36.4 Å². The van der Waals surface area contributed by atoms with Gasteiger partial charge < -0.3 is 24.8 Å². The lowest BCUT2D eigenvalue weighted by atomic mass is 10.1. The largest absolute Gasteiger partial charge is 0.497 e. The first-order valence-electron chi connectivity index (χ1n) is 8.27. The van der Waals surface area contributed by atoms with Crippen LogP contribution in [0.3, 0.4) is 0 Å². The van der Waals surface area contributed by atoms with Gasteiger partial charge in [0.05, 0.1) is 13.7 Å². The lowest BCUT2D eigenvalue weighted by Crippen LogP contribution is -2.33. The summed E-state index contributed by atoms with van der Waals surface area (Å²) in [6.07, 6.45) is 0.998. The minimum atomic E-state index is -0.212. The van der Waals surface area contributed by atoms with Crippen LogP contribution in [0, 0.1) is 5.92 Å². The van der Waals surface area contributed by atoms with Crippen LogP contribution in [0.2, 0.25) is 0 Å². The molecule has 1 aliphatic heterocycles. The topological polar surface area (TPSA) is 68.8 Å². The molecule has 2 aromatic carbocycles. The second kappa shape index (κ2) is 8.39. The number of carbonyl (C=O) groups is 1. The van der Waals surface area contributed by atoms with Gasteiger partial charge in [-0.1, -0.05) is 0 Å². The number of urea groups is 1. The van der Waals surface area contributed by atoms with Crippen molar-refractivity contribution in [2.45, 2.75) is 6.42 Å². The number of benzene rings is 2. The van der Waals surface area contributed by atoms with Gasteiger partial charge in [0.1, 0.15) is 17.2 Å². The fourth-order valence-electron chi connectivity index (χ4n) is 2.54. The van der Waals surface area contributed by atoms with Crippen molar-refractivity contribution in [2.75, 3.05) is 32.2 Å². The molecule has 3 rings (SSSR count). The van der Waals surface area contributed by atoms with Crippen molar-refractivity contribution in [1.29, 1.82) is 0 Å². The van der Waals surface area contributed by atoms with Gasteiger partial charge in [-0.3, -0.25) is 0 Å². The molecule has 1 heterocycles. The zero-order chi connectivity index (χ0) is 17.5. The van der Waals surface area contributed by atoms with Gasteiger partial charge >= 0.3 is 6.03 Å². The Labute approximate surface area is 147 Å². The number of amides is 2. The Morgan fingerprint density at radius 1 is 1.08 bits per heavy atom. The molecule has 0 saturated carbocycles. The highest BCUT2D eigenvalue weighted by molar-refractivity contribution is 5.89. The van der Waals surface area contributed by atoms with Crippen LogP contribution in [0.1, 0.15) is 6.42 Å². The molecule has 0 radical (unpaired) electrons. The molecule has 0 spiro atoms. The van der Waals surface area contributed by atoms with Gasteiger partial charge in [0.2, 0.25) is 0 Å². The van der Waals surface area contributed by atoms with Crippen molar-refractivity contribution in [1.82, 2.24) is 5.32 Å². The van der Waals surface area contributed by atoms with E-state index in [1.54, 1.807) is 19.2 Å². The Balaban J connectivity index is 1.48. The van der Waals surface area contributed by atoms with Crippen LogP contribution in [0.5, 0.6) is 17.2 Å². The highest BCUT2D eigenvalue weighted by Crippen LogP contribution is 2.24. The summed E-state index contributed by atoms with van der Waals surface area (Å²) in [5, 5.41) is 5.67. The third-order valence-electron chi connectivity index (χ3n) is 3.98. The molecule has 1 aliphatic rings. The second-order valence-electron chi connectivity index (χ2n) is 5.87. The predicted molar refractivity (Wildman–Crippen MR) is 95.5 cm³/mol. The van der Waals surface area contributed by atoms with Crippen LogP contribution < -0.4 is 20.1 Å². The highest BCUT2D eigenvalue weighted by Gasteiger charge is 2.16. The molecule has 0 aliphatic carbocycles. The number of hydrogen-bond acceptors (Lipinski definition) is 4. The van der Waals surface area contributed by atoms with E-state index in [0.29, 0.717) is 23.9 Å². The SMILES string of the molecule is COc1ccc(Oc2ccc(NC(=O)NC[C@H]3CCOC3)cc2)cc1. The molecule has 2 N–H and O–H groups in total. The first-order valence-corrected chi connectivity index (χ1v) is 8.27. The summed E-state index contributed by atoms with van der Waals surface area (Å²) in [5.74, 6) is 2.60. The minimum Gasteiger partial charge on any atom is -0.497 e. The molecule has 2 aromatic rings. The molecule has 0 aromatic heterocycles. The number of ether oxygens (including phenoxy) is 3. The highest BCUT2D eigenvalue weighted by atomic mass is 16.5.